The second-order valence-electron chi connectivity index (χ2n) is 5.85. The highest BCUT2D eigenvalue weighted by Crippen LogP contribution is 2.32. The molecule has 1 aliphatic rings. The van der Waals surface area contributed by atoms with E-state index in [-0.39, 0.29) is 24.1 Å². The molecule has 0 radical (unpaired) electrons. The number of fused-ring (bicyclic) bond motifs is 1. The van der Waals surface area contributed by atoms with Crippen molar-refractivity contribution in [2.45, 2.75) is 25.9 Å². The van der Waals surface area contributed by atoms with Gasteiger partial charge in [0.1, 0.15) is 5.75 Å². The van der Waals surface area contributed by atoms with E-state index >= 15 is 0 Å². The minimum atomic E-state index is -0.535. The lowest BCUT2D eigenvalue weighted by atomic mass is 10.2. The van der Waals surface area contributed by atoms with Crippen molar-refractivity contribution in [1.82, 2.24) is 5.32 Å². The van der Waals surface area contributed by atoms with Crippen molar-refractivity contribution in [3.8, 4) is 5.75 Å². The number of thiophene rings is 1. The summed E-state index contributed by atoms with van der Waals surface area (Å²) in [7, 11) is 0. The summed E-state index contributed by atoms with van der Waals surface area (Å²) in [5.74, 6) is 0.0701. The van der Waals surface area contributed by atoms with E-state index in [9.17, 15) is 14.4 Å². The molecule has 0 saturated heterocycles. The average Bonchev–Trinajstić information content (AvgIpc) is 3.14. The Balaban J connectivity index is 1.44. The molecule has 2 heterocycles. The summed E-state index contributed by atoms with van der Waals surface area (Å²) in [6.07, 6.45) is 0.278. The number of hydrogen-bond acceptors (Lipinski definition) is 5. The van der Waals surface area contributed by atoms with Gasteiger partial charge in [-0.3, -0.25) is 14.4 Å². The van der Waals surface area contributed by atoms with Crippen LogP contribution in [0.3, 0.4) is 0 Å². The Bertz CT molecular complexity index is 820. The van der Waals surface area contributed by atoms with Crippen LogP contribution >= 0.6 is 11.3 Å². The van der Waals surface area contributed by atoms with Crippen molar-refractivity contribution in [1.29, 1.82) is 0 Å². The maximum absolute atomic E-state index is 12.0. The van der Waals surface area contributed by atoms with Crippen molar-refractivity contribution < 1.29 is 19.1 Å². The van der Waals surface area contributed by atoms with E-state index in [4.69, 9.17) is 4.74 Å². The third-order valence-corrected chi connectivity index (χ3v) is 4.67. The second kappa shape index (κ2) is 8.01. The van der Waals surface area contributed by atoms with E-state index in [2.05, 4.69) is 16.0 Å². The normalized spacial score (nSPS) is 15.4. The number of carbonyl (C=O) groups is 3. The minimum Gasteiger partial charge on any atom is -0.479 e. The van der Waals surface area contributed by atoms with Gasteiger partial charge in [-0.05, 0) is 43.0 Å². The van der Waals surface area contributed by atoms with Gasteiger partial charge in [-0.2, -0.15) is 0 Å². The SMILES string of the molecule is CC1Oc2ccc(NC(=O)CCCNC(=O)c3cccs3)cc2NC1=O. The van der Waals surface area contributed by atoms with Crippen LogP contribution in [0.5, 0.6) is 5.75 Å². The number of carbonyl (C=O) groups excluding carboxylic acids is 3. The van der Waals surface area contributed by atoms with Crippen LogP contribution in [0.4, 0.5) is 11.4 Å². The van der Waals surface area contributed by atoms with E-state index in [1.807, 2.05) is 11.4 Å². The zero-order valence-corrected chi connectivity index (χ0v) is 15.0. The van der Waals surface area contributed by atoms with Gasteiger partial charge in [-0.1, -0.05) is 6.07 Å². The molecule has 0 bridgehead atoms. The van der Waals surface area contributed by atoms with Gasteiger partial charge in [0.25, 0.3) is 11.8 Å². The Morgan fingerprint density at radius 1 is 1.31 bits per heavy atom. The van der Waals surface area contributed by atoms with E-state index in [1.54, 1.807) is 31.2 Å². The van der Waals surface area contributed by atoms with Crippen molar-refractivity contribution in [3.63, 3.8) is 0 Å². The summed E-state index contributed by atoms with van der Waals surface area (Å²) < 4.78 is 5.47. The highest BCUT2D eigenvalue weighted by atomic mass is 32.1. The van der Waals surface area contributed by atoms with Crippen LogP contribution in [0.2, 0.25) is 0 Å². The number of anilines is 2. The molecule has 0 saturated carbocycles. The highest BCUT2D eigenvalue weighted by Gasteiger charge is 2.23. The first-order chi connectivity index (χ1) is 12.5. The van der Waals surface area contributed by atoms with Crippen LogP contribution in [0.25, 0.3) is 0 Å². The Kier molecular flexibility index (Phi) is 5.52. The Morgan fingerprint density at radius 2 is 2.15 bits per heavy atom. The van der Waals surface area contributed by atoms with E-state index in [1.165, 1.54) is 11.3 Å². The van der Waals surface area contributed by atoms with Crippen molar-refractivity contribution in [2.24, 2.45) is 0 Å². The third kappa shape index (κ3) is 4.40. The maximum Gasteiger partial charge on any atom is 0.265 e. The number of hydrogen-bond donors (Lipinski definition) is 3. The lowest BCUT2D eigenvalue weighted by molar-refractivity contribution is -0.122. The van der Waals surface area contributed by atoms with Gasteiger partial charge in [-0.15, -0.1) is 11.3 Å². The van der Waals surface area contributed by atoms with E-state index in [0.29, 0.717) is 35.0 Å². The molecule has 1 aromatic carbocycles. The molecular formula is C18H19N3O4S. The average molecular weight is 373 g/mol. The number of amides is 3. The van der Waals surface area contributed by atoms with Gasteiger partial charge in [0.05, 0.1) is 10.6 Å². The number of ether oxygens (including phenoxy) is 1. The van der Waals surface area contributed by atoms with Crippen molar-refractivity contribution in [2.75, 3.05) is 17.2 Å². The second-order valence-corrected chi connectivity index (χ2v) is 6.79. The largest absolute Gasteiger partial charge is 0.479 e. The standard InChI is InChI=1S/C18H19N3O4S/c1-11-17(23)21-13-10-12(6-7-14(13)25-11)20-16(22)5-2-8-19-18(24)15-4-3-9-26-15/h3-4,6-7,9-11H,2,5,8H2,1H3,(H,19,24)(H,20,22)(H,21,23). The van der Waals surface area contributed by atoms with Crippen molar-refractivity contribution in [3.05, 3.63) is 40.6 Å². The highest BCUT2D eigenvalue weighted by molar-refractivity contribution is 7.12. The number of benzene rings is 1. The topological polar surface area (TPSA) is 96.5 Å². The third-order valence-electron chi connectivity index (χ3n) is 3.81. The molecule has 1 atom stereocenters. The number of rotatable bonds is 6. The van der Waals surface area contributed by atoms with Crippen LogP contribution < -0.4 is 20.7 Å². The van der Waals surface area contributed by atoms with Gasteiger partial charge in [0, 0.05) is 18.7 Å². The quantitative estimate of drug-likeness (QED) is 0.678. The fourth-order valence-electron chi connectivity index (χ4n) is 2.46. The smallest absolute Gasteiger partial charge is 0.265 e. The van der Waals surface area contributed by atoms with Crippen LogP contribution in [0.1, 0.15) is 29.4 Å². The Labute approximate surface area is 154 Å². The lowest BCUT2D eigenvalue weighted by Gasteiger charge is -2.23. The zero-order valence-electron chi connectivity index (χ0n) is 14.2. The monoisotopic (exact) mass is 373 g/mol. The molecule has 8 heteroatoms. The first-order valence-electron chi connectivity index (χ1n) is 8.26. The fourth-order valence-corrected chi connectivity index (χ4v) is 3.10. The molecule has 0 fully saturated rings. The summed E-state index contributed by atoms with van der Waals surface area (Å²) >= 11 is 1.38. The summed E-state index contributed by atoms with van der Waals surface area (Å²) in [6, 6.07) is 8.67. The first-order valence-corrected chi connectivity index (χ1v) is 9.14. The molecule has 1 aliphatic heterocycles. The van der Waals surface area contributed by atoms with E-state index < -0.39 is 6.10 Å². The Morgan fingerprint density at radius 3 is 2.92 bits per heavy atom. The molecule has 3 rings (SSSR count). The molecule has 26 heavy (non-hydrogen) atoms. The molecule has 3 N–H and O–H groups in total. The molecule has 3 amide bonds. The number of nitrogens with one attached hydrogen (secondary N) is 3. The van der Waals surface area contributed by atoms with Gasteiger partial charge >= 0.3 is 0 Å². The molecule has 0 spiro atoms. The maximum atomic E-state index is 12.0. The molecule has 136 valence electrons. The summed E-state index contributed by atoms with van der Waals surface area (Å²) in [4.78, 5) is 36.1. The molecule has 0 aliphatic carbocycles. The van der Waals surface area contributed by atoms with Crippen LogP contribution in [0.15, 0.2) is 35.7 Å². The predicted octanol–water partition coefficient (Wildman–Crippen LogP) is 2.62. The predicted molar refractivity (Wildman–Crippen MR) is 99.7 cm³/mol. The minimum absolute atomic E-state index is 0.125. The molecule has 1 unspecified atom stereocenters. The fraction of sp³-hybridized carbons (Fsp3) is 0.278. The summed E-state index contributed by atoms with van der Waals surface area (Å²) in [5.41, 5.74) is 1.11. The Hall–Kier alpha value is -2.87. The first kappa shape index (κ1) is 17.9. The van der Waals surface area contributed by atoms with Gasteiger partial charge in [0.15, 0.2) is 6.10 Å². The van der Waals surface area contributed by atoms with Crippen LogP contribution in [0, 0.1) is 0 Å². The van der Waals surface area contributed by atoms with Crippen LogP contribution in [-0.4, -0.2) is 30.4 Å². The van der Waals surface area contributed by atoms with Gasteiger partial charge in [-0.25, -0.2) is 0 Å². The summed E-state index contributed by atoms with van der Waals surface area (Å²) in [5, 5.41) is 10.1. The molecule has 7 nitrogen and oxygen atoms in total. The van der Waals surface area contributed by atoms with Gasteiger partial charge in [0.2, 0.25) is 5.91 Å². The van der Waals surface area contributed by atoms with E-state index in [0.717, 1.165) is 0 Å². The van der Waals surface area contributed by atoms with Gasteiger partial charge < -0.3 is 20.7 Å². The van der Waals surface area contributed by atoms with Crippen molar-refractivity contribution >= 4 is 40.4 Å². The van der Waals surface area contributed by atoms with Crippen LogP contribution in [-0.2, 0) is 9.59 Å². The molecular weight excluding hydrogens is 354 g/mol. The zero-order chi connectivity index (χ0) is 18.5. The molecule has 1 aromatic heterocycles. The lowest BCUT2D eigenvalue weighted by Crippen LogP contribution is -2.34. The molecule has 2 aromatic rings. The summed E-state index contributed by atoms with van der Waals surface area (Å²) in [6.45, 7) is 2.10.